The Hall–Kier alpha value is -2.01. The van der Waals surface area contributed by atoms with Crippen LogP contribution in [-0.4, -0.2) is 35.8 Å². The number of nitrogens with zero attached hydrogens (tertiary/aromatic N) is 1. The molecule has 0 radical (unpaired) electrons. The van der Waals surface area contributed by atoms with Crippen LogP contribution in [0.3, 0.4) is 0 Å². The maximum absolute atomic E-state index is 12.7. The number of methoxy groups -OCH3 is 1. The first-order valence-corrected chi connectivity index (χ1v) is 8.75. The fourth-order valence-electron chi connectivity index (χ4n) is 3.90. The molecule has 1 aliphatic rings. The fourth-order valence-corrected chi connectivity index (χ4v) is 3.90. The first-order chi connectivity index (χ1) is 11.7. The second-order valence-corrected chi connectivity index (χ2v) is 6.48. The number of rotatable bonds is 5. The molecular formula is C19H26N2O3. The van der Waals surface area contributed by atoms with E-state index >= 15 is 0 Å². The highest BCUT2D eigenvalue weighted by Crippen LogP contribution is 2.37. The number of amides is 1. The molecule has 0 spiro atoms. The van der Waals surface area contributed by atoms with Crippen LogP contribution in [0.2, 0.25) is 0 Å². The van der Waals surface area contributed by atoms with Crippen LogP contribution >= 0.6 is 0 Å². The summed E-state index contributed by atoms with van der Waals surface area (Å²) in [4.78, 5) is 12.7. The number of fused-ring (bicyclic) bond motifs is 1. The number of hydrogen-bond acceptors (Lipinski definition) is 3. The van der Waals surface area contributed by atoms with Crippen molar-refractivity contribution in [1.29, 1.82) is 0 Å². The van der Waals surface area contributed by atoms with E-state index in [9.17, 15) is 4.79 Å². The molecule has 24 heavy (non-hydrogen) atoms. The number of carbonyl (C=O) groups is 1. The van der Waals surface area contributed by atoms with Crippen LogP contribution in [0.15, 0.2) is 18.2 Å². The molecule has 0 unspecified atom stereocenters. The van der Waals surface area contributed by atoms with Crippen molar-refractivity contribution in [3.63, 3.8) is 0 Å². The summed E-state index contributed by atoms with van der Waals surface area (Å²) in [7, 11) is 1.64. The van der Waals surface area contributed by atoms with Crippen molar-refractivity contribution >= 4 is 16.8 Å². The number of aliphatic hydroxyl groups excluding tert-OH is 1. The van der Waals surface area contributed by atoms with E-state index < -0.39 is 0 Å². The Morgan fingerprint density at radius 3 is 2.75 bits per heavy atom. The molecule has 1 aliphatic carbocycles. The predicted octanol–water partition coefficient (Wildman–Crippen LogP) is 3.19. The number of aromatic nitrogens is 1. The standard InChI is InChI=1S/C19H26N2O3/c1-13-18(19(23)20-10-11-22)16-12-15(24-2)8-9-17(16)21(13)14-6-4-3-5-7-14/h8-9,12,14,22H,3-7,10-11H2,1-2H3,(H,20,23). The molecule has 2 N–H and O–H groups in total. The van der Waals surface area contributed by atoms with Crippen LogP contribution in [0.25, 0.3) is 10.9 Å². The fraction of sp³-hybridized carbons (Fsp3) is 0.526. The van der Waals surface area contributed by atoms with Gasteiger partial charge in [-0.1, -0.05) is 19.3 Å². The van der Waals surface area contributed by atoms with Crippen LogP contribution in [0.1, 0.15) is 54.2 Å². The minimum absolute atomic E-state index is 0.0601. The van der Waals surface area contributed by atoms with Crippen LogP contribution in [0.5, 0.6) is 5.75 Å². The lowest BCUT2D eigenvalue weighted by Gasteiger charge is -2.26. The molecule has 3 rings (SSSR count). The third kappa shape index (κ3) is 3.00. The Balaban J connectivity index is 2.13. The average Bonchev–Trinajstić information content (AvgIpc) is 2.91. The third-order valence-electron chi connectivity index (χ3n) is 5.02. The highest BCUT2D eigenvalue weighted by molar-refractivity contribution is 6.08. The van der Waals surface area contributed by atoms with E-state index in [0.29, 0.717) is 11.6 Å². The summed E-state index contributed by atoms with van der Waals surface area (Å²) in [5.41, 5.74) is 2.79. The van der Waals surface area contributed by atoms with Gasteiger partial charge in [-0.3, -0.25) is 4.79 Å². The van der Waals surface area contributed by atoms with Gasteiger partial charge in [0.1, 0.15) is 5.75 Å². The molecule has 0 aliphatic heterocycles. The zero-order chi connectivity index (χ0) is 17.1. The Morgan fingerprint density at radius 2 is 2.08 bits per heavy atom. The smallest absolute Gasteiger partial charge is 0.253 e. The van der Waals surface area contributed by atoms with Gasteiger partial charge in [0, 0.05) is 29.2 Å². The van der Waals surface area contributed by atoms with Gasteiger partial charge in [-0.25, -0.2) is 0 Å². The first kappa shape index (κ1) is 16.8. The molecule has 0 saturated heterocycles. The van der Waals surface area contributed by atoms with E-state index in [4.69, 9.17) is 9.84 Å². The molecule has 0 bridgehead atoms. The Kier molecular flexibility index (Phi) is 5.09. The van der Waals surface area contributed by atoms with Gasteiger partial charge in [0.2, 0.25) is 0 Å². The number of aliphatic hydroxyl groups is 1. The highest BCUT2D eigenvalue weighted by atomic mass is 16.5. The zero-order valence-corrected chi connectivity index (χ0v) is 14.5. The van der Waals surface area contributed by atoms with Gasteiger partial charge in [0.05, 0.1) is 19.3 Å². The molecule has 0 atom stereocenters. The predicted molar refractivity (Wildman–Crippen MR) is 94.8 cm³/mol. The lowest BCUT2D eigenvalue weighted by molar-refractivity contribution is 0.0945. The largest absolute Gasteiger partial charge is 0.497 e. The number of hydrogen-bond donors (Lipinski definition) is 2. The Labute approximate surface area is 142 Å². The summed E-state index contributed by atoms with van der Waals surface area (Å²) < 4.78 is 7.69. The van der Waals surface area contributed by atoms with Gasteiger partial charge in [-0.15, -0.1) is 0 Å². The number of benzene rings is 1. The topological polar surface area (TPSA) is 63.5 Å². The van der Waals surface area contributed by atoms with Crippen LogP contribution in [-0.2, 0) is 0 Å². The molecule has 5 heteroatoms. The molecule has 2 aromatic rings. The van der Waals surface area contributed by atoms with Gasteiger partial charge in [-0.2, -0.15) is 0 Å². The minimum atomic E-state index is -0.130. The summed E-state index contributed by atoms with van der Waals surface area (Å²) in [6.45, 7) is 2.22. The first-order valence-electron chi connectivity index (χ1n) is 8.75. The molecule has 1 saturated carbocycles. The molecule has 130 valence electrons. The maximum Gasteiger partial charge on any atom is 0.253 e. The monoisotopic (exact) mass is 330 g/mol. The lowest BCUT2D eigenvalue weighted by Crippen LogP contribution is -2.27. The Morgan fingerprint density at radius 1 is 1.33 bits per heavy atom. The van der Waals surface area contributed by atoms with Crippen molar-refractivity contribution < 1.29 is 14.6 Å². The van der Waals surface area contributed by atoms with Crippen molar-refractivity contribution in [3.8, 4) is 5.75 Å². The van der Waals surface area contributed by atoms with Crippen LogP contribution < -0.4 is 10.1 Å². The SMILES string of the molecule is COc1ccc2c(c1)c(C(=O)NCCO)c(C)n2C1CCCCC1. The zero-order valence-electron chi connectivity index (χ0n) is 14.5. The van der Waals surface area contributed by atoms with Gasteiger partial charge in [-0.05, 0) is 38.0 Å². The van der Waals surface area contributed by atoms with Crippen molar-refractivity contribution in [2.45, 2.75) is 45.1 Å². The van der Waals surface area contributed by atoms with Crippen molar-refractivity contribution in [1.82, 2.24) is 9.88 Å². The van der Waals surface area contributed by atoms with E-state index in [-0.39, 0.29) is 19.1 Å². The summed E-state index contributed by atoms with van der Waals surface area (Å²) >= 11 is 0. The van der Waals surface area contributed by atoms with Gasteiger partial charge >= 0.3 is 0 Å². The molecule has 1 fully saturated rings. The van der Waals surface area contributed by atoms with Crippen molar-refractivity contribution in [2.24, 2.45) is 0 Å². The van der Waals surface area contributed by atoms with Crippen LogP contribution in [0.4, 0.5) is 0 Å². The maximum atomic E-state index is 12.7. The average molecular weight is 330 g/mol. The normalized spacial score (nSPS) is 15.6. The lowest BCUT2D eigenvalue weighted by atomic mass is 9.95. The number of carbonyl (C=O) groups excluding carboxylic acids is 1. The van der Waals surface area contributed by atoms with E-state index in [1.54, 1.807) is 7.11 Å². The minimum Gasteiger partial charge on any atom is -0.497 e. The second-order valence-electron chi connectivity index (χ2n) is 6.48. The highest BCUT2D eigenvalue weighted by Gasteiger charge is 2.25. The van der Waals surface area contributed by atoms with Gasteiger partial charge in [0.25, 0.3) is 5.91 Å². The molecule has 1 aromatic carbocycles. The summed E-state index contributed by atoms with van der Waals surface area (Å²) in [6.07, 6.45) is 6.10. The summed E-state index contributed by atoms with van der Waals surface area (Å²) in [6, 6.07) is 6.40. The third-order valence-corrected chi connectivity index (χ3v) is 5.02. The van der Waals surface area contributed by atoms with E-state index in [1.807, 2.05) is 19.1 Å². The quantitative estimate of drug-likeness (QED) is 0.885. The second kappa shape index (κ2) is 7.26. The van der Waals surface area contributed by atoms with Gasteiger partial charge < -0.3 is 19.7 Å². The van der Waals surface area contributed by atoms with Crippen molar-refractivity contribution in [2.75, 3.05) is 20.3 Å². The molecule has 1 aromatic heterocycles. The number of ether oxygens (including phenoxy) is 1. The van der Waals surface area contributed by atoms with E-state index in [2.05, 4.69) is 16.0 Å². The Bertz CT molecular complexity index is 730. The van der Waals surface area contributed by atoms with E-state index in [1.165, 1.54) is 19.3 Å². The van der Waals surface area contributed by atoms with Gasteiger partial charge in [0.15, 0.2) is 0 Å². The summed E-state index contributed by atoms with van der Waals surface area (Å²) in [5.74, 6) is 0.619. The number of nitrogens with one attached hydrogen (secondary N) is 1. The molecule has 5 nitrogen and oxygen atoms in total. The summed E-state index contributed by atoms with van der Waals surface area (Å²) in [5, 5.41) is 12.7. The molecule has 1 amide bonds. The van der Waals surface area contributed by atoms with Crippen molar-refractivity contribution in [3.05, 3.63) is 29.5 Å². The van der Waals surface area contributed by atoms with E-state index in [0.717, 1.165) is 35.2 Å². The molecule has 1 heterocycles. The molecular weight excluding hydrogens is 304 g/mol. The van der Waals surface area contributed by atoms with Crippen LogP contribution in [0, 0.1) is 6.92 Å².